The van der Waals surface area contributed by atoms with Gasteiger partial charge < -0.3 is 10.2 Å². The standard InChI is InChI=1S/C22H26N2O2/c1-2-17-9-11-18(12-10-17)13-14-21(25)23-16-22(26)24-15-5-7-19-6-3-4-8-20(19)24/h3-4,6,8-12H,2,5,7,13-16H2,1H3,(H,23,25). The van der Waals surface area contributed by atoms with Crippen molar-refractivity contribution in [2.45, 2.75) is 39.0 Å². The van der Waals surface area contributed by atoms with Crippen LogP contribution >= 0.6 is 0 Å². The van der Waals surface area contributed by atoms with Gasteiger partial charge in [-0.2, -0.15) is 0 Å². The quantitative estimate of drug-likeness (QED) is 0.869. The predicted octanol–water partition coefficient (Wildman–Crippen LogP) is 3.28. The van der Waals surface area contributed by atoms with E-state index in [0.717, 1.165) is 37.1 Å². The molecule has 136 valence electrons. The van der Waals surface area contributed by atoms with E-state index in [1.807, 2.05) is 18.2 Å². The Balaban J connectivity index is 1.48. The van der Waals surface area contributed by atoms with Gasteiger partial charge in [-0.05, 0) is 48.4 Å². The van der Waals surface area contributed by atoms with Gasteiger partial charge in [-0.15, -0.1) is 0 Å². The molecule has 0 radical (unpaired) electrons. The van der Waals surface area contributed by atoms with E-state index in [0.29, 0.717) is 12.8 Å². The zero-order valence-electron chi connectivity index (χ0n) is 15.3. The molecule has 4 nitrogen and oxygen atoms in total. The molecule has 1 N–H and O–H groups in total. The molecule has 2 aromatic rings. The molecule has 0 saturated heterocycles. The molecule has 26 heavy (non-hydrogen) atoms. The average molecular weight is 350 g/mol. The Morgan fingerprint density at radius 1 is 1.04 bits per heavy atom. The van der Waals surface area contributed by atoms with E-state index in [4.69, 9.17) is 0 Å². The third-order valence-corrected chi connectivity index (χ3v) is 4.92. The van der Waals surface area contributed by atoms with Crippen molar-refractivity contribution in [1.82, 2.24) is 5.32 Å². The Bertz CT molecular complexity index is 768. The number of carbonyl (C=O) groups is 2. The van der Waals surface area contributed by atoms with Crippen LogP contribution in [0.15, 0.2) is 48.5 Å². The summed E-state index contributed by atoms with van der Waals surface area (Å²) in [7, 11) is 0. The van der Waals surface area contributed by atoms with Gasteiger partial charge in [0.25, 0.3) is 0 Å². The third kappa shape index (κ3) is 4.51. The summed E-state index contributed by atoms with van der Waals surface area (Å²) in [5, 5.41) is 2.77. The first kappa shape index (κ1) is 18.2. The Morgan fingerprint density at radius 2 is 1.77 bits per heavy atom. The maximum Gasteiger partial charge on any atom is 0.246 e. The molecule has 0 fully saturated rings. The first-order valence-corrected chi connectivity index (χ1v) is 9.40. The first-order chi connectivity index (χ1) is 12.7. The van der Waals surface area contributed by atoms with Crippen LogP contribution in [0, 0.1) is 0 Å². The number of para-hydroxylation sites is 1. The van der Waals surface area contributed by atoms with Crippen LogP contribution in [0.4, 0.5) is 5.69 Å². The largest absolute Gasteiger partial charge is 0.347 e. The molecule has 0 aromatic heterocycles. The predicted molar refractivity (Wildman–Crippen MR) is 104 cm³/mol. The average Bonchev–Trinajstić information content (AvgIpc) is 2.70. The van der Waals surface area contributed by atoms with E-state index in [9.17, 15) is 9.59 Å². The fraction of sp³-hybridized carbons (Fsp3) is 0.364. The van der Waals surface area contributed by atoms with E-state index < -0.39 is 0 Å². The van der Waals surface area contributed by atoms with Crippen molar-refractivity contribution in [2.24, 2.45) is 0 Å². The maximum absolute atomic E-state index is 12.5. The number of aryl methyl sites for hydroxylation is 3. The van der Waals surface area contributed by atoms with Crippen molar-refractivity contribution in [3.8, 4) is 0 Å². The number of carbonyl (C=O) groups excluding carboxylic acids is 2. The number of hydrogen-bond donors (Lipinski definition) is 1. The number of benzene rings is 2. The first-order valence-electron chi connectivity index (χ1n) is 9.40. The molecule has 0 spiro atoms. The summed E-state index contributed by atoms with van der Waals surface area (Å²) in [4.78, 5) is 26.4. The number of hydrogen-bond acceptors (Lipinski definition) is 2. The van der Waals surface area contributed by atoms with Gasteiger partial charge in [-0.25, -0.2) is 0 Å². The van der Waals surface area contributed by atoms with Gasteiger partial charge in [0.2, 0.25) is 11.8 Å². The van der Waals surface area contributed by atoms with Crippen LogP contribution in [0.1, 0.15) is 36.5 Å². The molecule has 2 aromatic carbocycles. The van der Waals surface area contributed by atoms with Gasteiger partial charge in [0, 0.05) is 18.7 Å². The van der Waals surface area contributed by atoms with Crippen LogP contribution < -0.4 is 10.2 Å². The van der Waals surface area contributed by atoms with E-state index in [-0.39, 0.29) is 18.4 Å². The smallest absolute Gasteiger partial charge is 0.246 e. The molecule has 3 rings (SSSR count). The molecule has 4 heteroatoms. The minimum Gasteiger partial charge on any atom is -0.347 e. The van der Waals surface area contributed by atoms with Gasteiger partial charge >= 0.3 is 0 Å². The van der Waals surface area contributed by atoms with Gasteiger partial charge in [-0.3, -0.25) is 9.59 Å². The molecule has 1 aliphatic rings. The SMILES string of the molecule is CCc1ccc(CCC(=O)NCC(=O)N2CCCc3ccccc32)cc1. The molecular formula is C22H26N2O2. The summed E-state index contributed by atoms with van der Waals surface area (Å²) in [6.07, 6.45) is 4.07. The van der Waals surface area contributed by atoms with Crippen molar-refractivity contribution in [2.75, 3.05) is 18.0 Å². The Kier molecular flexibility index (Phi) is 6.05. The number of fused-ring (bicyclic) bond motifs is 1. The van der Waals surface area contributed by atoms with Crippen LogP contribution in [-0.4, -0.2) is 24.9 Å². The molecule has 1 heterocycles. The summed E-state index contributed by atoms with van der Waals surface area (Å²) in [5.41, 5.74) is 4.63. The van der Waals surface area contributed by atoms with Crippen LogP contribution in [0.2, 0.25) is 0 Å². The molecule has 0 atom stereocenters. The highest BCUT2D eigenvalue weighted by Crippen LogP contribution is 2.26. The van der Waals surface area contributed by atoms with Crippen LogP contribution in [0.3, 0.4) is 0 Å². The topological polar surface area (TPSA) is 49.4 Å². The van der Waals surface area contributed by atoms with Gasteiger partial charge in [-0.1, -0.05) is 49.4 Å². The Labute approximate surface area is 155 Å². The number of nitrogens with zero attached hydrogens (tertiary/aromatic N) is 1. The highest BCUT2D eigenvalue weighted by molar-refractivity contribution is 5.97. The zero-order valence-corrected chi connectivity index (χ0v) is 15.3. The highest BCUT2D eigenvalue weighted by atomic mass is 16.2. The van der Waals surface area contributed by atoms with Crippen LogP contribution in [0.25, 0.3) is 0 Å². The van der Waals surface area contributed by atoms with Gasteiger partial charge in [0.15, 0.2) is 0 Å². The highest BCUT2D eigenvalue weighted by Gasteiger charge is 2.22. The summed E-state index contributed by atoms with van der Waals surface area (Å²) >= 11 is 0. The lowest BCUT2D eigenvalue weighted by atomic mass is 10.0. The third-order valence-electron chi connectivity index (χ3n) is 4.92. The lowest BCUT2D eigenvalue weighted by Crippen LogP contribution is -2.42. The second kappa shape index (κ2) is 8.65. The monoisotopic (exact) mass is 350 g/mol. The number of anilines is 1. The zero-order chi connectivity index (χ0) is 18.4. The summed E-state index contributed by atoms with van der Waals surface area (Å²) in [6, 6.07) is 16.3. The van der Waals surface area contributed by atoms with Crippen molar-refractivity contribution in [3.05, 3.63) is 65.2 Å². The second-order valence-electron chi connectivity index (χ2n) is 6.72. The Morgan fingerprint density at radius 3 is 2.54 bits per heavy atom. The lowest BCUT2D eigenvalue weighted by Gasteiger charge is -2.29. The van der Waals surface area contributed by atoms with E-state index in [2.05, 4.69) is 42.6 Å². The number of amides is 2. The van der Waals surface area contributed by atoms with Gasteiger partial charge in [0.1, 0.15) is 0 Å². The molecule has 0 aliphatic carbocycles. The van der Waals surface area contributed by atoms with Crippen molar-refractivity contribution in [3.63, 3.8) is 0 Å². The fourth-order valence-electron chi connectivity index (χ4n) is 3.35. The number of nitrogens with one attached hydrogen (secondary N) is 1. The molecule has 0 bridgehead atoms. The molecular weight excluding hydrogens is 324 g/mol. The minimum atomic E-state index is -0.0804. The van der Waals surface area contributed by atoms with E-state index >= 15 is 0 Å². The van der Waals surface area contributed by atoms with Crippen molar-refractivity contribution < 1.29 is 9.59 Å². The van der Waals surface area contributed by atoms with Crippen LogP contribution in [0.5, 0.6) is 0 Å². The minimum absolute atomic E-state index is 0.0437. The normalized spacial score (nSPS) is 13.2. The molecule has 2 amide bonds. The summed E-state index contributed by atoms with van der Waals surface area (Å²) in [5.74, 6) is -0.124. The maximum atomic E-state index is 12.5. The van der Waals surface area contributed by atoms with E-state index in [1.54, 1.807) is 4.90 Å². The van der Waals surface area contributed by atoms with Gasteiger partial charge in [0.05, 0.1) is 6.54 Å². The fourth-order valence-corrected chi connectivity index (χ4v) is 3.35. The second-order valence-corrected chi connectivity index (χ2v) is 6.72. The van der Waals surface area contributed by atoms with Crippen LogP contribution in [-0.2, 0) is 28.9 Å². The van der Waals surface area contributed by atoms with Crippen molar-refractivity contribution >= 4 is 17.5 Å². The Hall–Kier alpha value is -2.62. The van der Waals surface area contributed by atoms with E-state index in [1.165, 1.54) is 11.1 Å². The van der Waals surface area contributed by atoms with Crippen molar-refractivity contribution in [1.29, 1.82) is 0 Å². The molecule has 0 saturated carbocycles. The molecule has 0 unspecified atom stereocenters. The molecule has 1 aliphatic heterocycles. The summed E-state index contributed by atoms with van der Waals surface area (Å²) in [6.45, 7) is 2.90. The lowest BCUT2D eigenvalue weighted by molar-refractivity contribution is -0.125. The summed E-state index contributed by atoms with van der Waals surface area (Å²) < 4.78 is 0. The number of rotatable bonds is 6.